The number of hydrogen-bond donors (Lipinski definition) is 2. The first kappa shape index (κ1) is 20.8. The van der Waals surface area contributed by atoms with Crippen molar-refractivity contribution in [3.63, 3.8) is 0 Å². The van der Waals surface area contributed by atoms with Gasteiger partial charge in [-0.05, 0) is 57.3 Å². The number of carbonyl (C=O) groups is 3. The molecule has 8 heteroatoms. The molecule has 29 heavy (non-hydrogen) atoms. The van der Waals surface area contributed by atoms with Crippen molar-refractivity contribution in [1.82, 2.24) is 4.90 Å². The predicted molar refractivity (Wildman–Crippen MR) is 114 cm³/mol. The van der Waals surface area contributed by atoms with Crippen molar-refractivity contribution in [2.75, 3.05) is 35.7 Å². The fraction of sp³-hybridized carbons (Fsp3) is 0.286. The Labute approximate surface area is 174 Å². The standard InChI is InChI=1S/C21H23ClN4O3/c1-21(2)20(29)24-16-6-4-5-7-17(16)26(21)19(28)13-25(3)12-18(27)23-15-10-8-14(22)9-11-15/h4-11H,12-13H2,1-3H3,(H,23,27)(H,24,29). The van der Waals surface area contributed by atoms with Crippen LogP contribution in [-0.4, -0.2) is 48.3 Å². The topological polar surface area (TPSA) is 81.8 Å². The Balaban J connectivity index is 1.67. The third kappa shape index (κ3) is 4.58. The van der Waals surface area contributed by atoms with Crippen molar-refractivity contribution in [3.8, 4) is 0 Å². The Bertz CT molecular complexity index is 943. The minimum atomic E-state index is -1.04. The number of amides is 3. The number of rotatable bonds is 5. The molecular weight excluding hydrogens is 392 g/mol. The highest BCUT2D eigenvalue weighted by Crippen LogP contribution is 2.36. The zero-order chi connectivity index (χ0) is 21.2. The molecule has 0 aliphatic carbocycles. The predicted octanol–water partition coefficient (Wildman–Crippen LogP) is 2.97. The maximum atomic E-state index is 13.1. The van der Waals surface area contributed by atoms with Gasteiger partial charge in [-0.1, -0.05) is 23.7 Å². The van der Waals surface area contributed by atoms with Crippen molar-refractivity contribution < 1.29 is 14.4 Å². The van der Waals surface area contributed by atoms with E-state index in [1.807, 2.05) is 6.07 Å². The molecule has 0 saturated heterocycles. The van der Waals surface area contributed by atoms with Gasteiger partial charge in [0.15, 0.2) is 0 Å². The largest absolute Gasteiger partial charge is 0.325 e. The Morgan fingerprint density at radius 2 is 1.76 bits per heavy atom. The molecule has 0 aromatic heterocycles. The summed E-state index contributed by atoms with van der Waals surface area (Å²) in [5, 5.41) is 6.18. The summed E-state index contributed by atoms with van der Waals surface area (Å²) in [7, 11) is 1.68. The Hall–Kier alpha value is -2.90. The molecule has 0 saturated carbocycles. The van der Waals surface area contributed by atoms with Crippen LogP contribution in [0.1, 0.15) is 13.8 Å². The van der Waals surface area contributed by atoms with Crippen molar-refractivity contribution in [2.24, 2.45) is 0 Å². The van der Waals surface area contributed by atoms with Crippen molar-refractivity contribution in [2.45, 2.75) is 19.4 Å². The molecule has 2 aromatic carbocycles. The lowest BCUT2D eigenvalue weighted by Gasteiger charge is -2.42. The molecule has 2 aromatic rings. The number of hydrogen-bond acceptors (Lipinski definition) is 4. The maximum absolute atomic E-state index is 13.1. The van der Waals surface area contributed by atoms with Crippen molar-refractivity contribution in [1.29, 1.82) is 0 Å². The third-order valence-electron chi connectivity index (χ3n) is 4.70. The van der Waals surface area contributed by atoms with E-state index in [4.69, 9.17) is 11.6 Å². The van der Waals surface area contributed by atoms with Gasteiger partial charge in [-0.3, -0.25) is 24.2 Å². The third-order valence-corrected chi connectivity index (χ3v) is 4.96. The Morgan fingerprint density at radius 1 is 1.10 bits per heavy atom. The van der Waals surface area contributed by atoms with Crippen molar-refractivity contribution in [3.05, 3.63) is 53.6 Å². The summed E-state index contributed by atoms with van der Waals surface area (Å²) >= 11 is 5.84. The number of anilines is 3. The number of benzene rings is 2. The van der Waals surface area contributed by atoms with E-state index >= 15 is 0 Å². The quantitative estimate of drug-likeness (QED) is 0.788. The molecule has 2 N–H and O–H groups in total. The molecule has 0 bridgehead atoms. The zero-order valence-corrected chi connectivity index (χ0v) is 17.3. The molecule has 0 fully saturated rings. The normalized spacial score (nSPS) is 14.9. The summed E-state index contributed by atoms with van der Waals surface area (Å²) in [6.45, 7) is 3.41. The Kier molecular flexibility index (Phi) is 5.91. The molecule has 0 spiro atoms. The van der Waals surface area contributed by atoms with E-state index in [0.29, 0.717) is 22.1 Å². The van der Waals surface area contributed by atoms with Crippen LogP contribution in [-0.2, 0) is 14.4 Å². The number of nitrogens with zero attached hydrogens (tertiary/aromatic N) is 2. The van der Waals surface area contributed by atoms with Gasteiger partial charge in [0.2, 0.25) is 17.7 Å². The number of para-hydroxylation sites is 2. The van der Waals surface area contributed by atoms with Crippen LogP contribution >= 0.6 is 11.6 Å². The highest BCUT2D eigenvalue weighted by atomic mass is 35.5. The minimum absolute atomic E-state index is 0.0148. The average Bonchev–Trinajstić information content (AvgIpc) is 2.64. The van der Waals surface area contributed by atoms with Gasteiger partial charge in [0, 0.05) is 10.7 Å². The number of fused-ring (bicyclic) bond motifs is 1. The van der Waals surface area contributed by atoms with Gasteiger partial charge in [-0.15, -0.1) is 0 Å². The van der Waals surface area contributed by atoms with Gasteiger partial charge < -0.3 is 10.6 Å². The van der Waals surface area contributed by atoms with E-state index in [1.54, 1.807) is 68.3 Å². The van der Waals surface area contributed by atoms with Crippen molar-refractivity contribution >= 4 is 46.4 Å². The second-order valence-electron chi connectivity index (χ2n) is 7.49. The highest BCUT2D eigenvalue weighted by molar-refractivity contribution is 6.30. The first-order valence-electron chi connectivity index (χ1n) is 9.16. The van der Waals surface area contributed by atoms with Gasteiger partial charge >= 0.3 is 0 Å². The molecule has 0 radical (unpaired) electrons. The van der Waals surface area contributed by atoms with Gasteiger partial charge in [-0.25, -0.2) is 0 Å². The second-order valence-corrected chi connectivity index (χ2v) is 7.92. The van der Waals surface area contributed by atoms with Crippen LogP contribution in [0.15, 0.2) is 48.5 Å². The van der Waals surface area contributed by atoms with Crippen LogP contribution in [0.5, 0.6) is 0 Å². The molecule has 0 unspecified atom stereocenters. The summed E-state index contributed by atoms with van der Waals surface area (Å²) in [5.74, 6) is -0.773. The molecule has 3 amide bonds. The van der Waals surface area contributed by atoms with E-state index in [9.17, 15) is 14.4 Å². The SMILES string of the molecule is CN(CC(=O)Nc1ccc(Cl)cc1)CC(=O)N1c2ccccc2NC(=O)C1(C)C. The smallest absolute Gasteiger partial charge is 0.250 e. The molecule has 152 valence electrons. The van der Waals surface area contributed by atoms with E-state index < -0.39 is 5.54 Å². The lowest BCUT2D eigenvalue weighted by molar-refractivity contribution is -0.127. The summed E-state index contributed by atoms with van der Waals surface area (Å²) in [6.07, 6.45) is 0. The Morgan fingerprint density at radius 3 is 2.45 bits per heavy atom. The number of carbonyl (C=O) groups excluding carboxylic acids is 3. The lowest BCUT2D eigenvalue weighted by atomic mass is 9.96. The summed E-state index contributed by atoms with van der Waals surface area (Å²) in [4.78, 5) is 40.9. The fourth-order valence-electron chi connectivity index (χ4n) is 3.23. The number of nitrogens with one attached hydrogen (secondary N) is 2. The van der Waals surface area contributed by atoms with Gasteiger partial charge in [0.05, 0.1) is 24.5 Å². The summed E-state index contributed by atoms with van der Waals surface area (Å²) in [6, 6.07) is 13.9. The van der Waals surface area contributed by atoms with E-state index in [-0.39, 0.29) is 30.8 Å². The average molecular weight is 415 g/mol. The zero-order valence-electron chi connectivity index (χ0n) is 16.5. The molecule has 1 aliphatic rings. The first-order chi connectivity index (χ1) is 13.7. The first-order valence-corrected chi connectivity index (χ1v) is 9.54. The fourth-order valence-corrected chi connectivity index (χ4v) is 3.36. The van der Waals surface area contributed by atoms with E-state index in [2.05, 4.69) is 10.6 Å². The van der Waals surface area contributed by atoms with Crippen LogP contribution < -0.4 is 15.5 Å². The number of halogens is 1. The molecule has 1 aliphatic heterocycles. The molecule has 1 heterocycles. The molecule has 0 atom stereocenters. The van der Waals surface area contributed by atoms with Crippen LogP contribution in [0.25, 0.3) is 0 Å². The molecule has 7 nitrogen and oxygen atoms in total. The van der Waals surface area contributed by atoms with E-state index in [1.165, 1.54) is 4.90 Å². The minimum Gasteiger partial charge on any atom is -0.325 e. The lowest BCUT2D eigenvalue weighted by Crippen LogP contribution is -2.60. The second kappa shape index (κ2) is 8.23. The van der Waals surface area contributed by atoms with E-state index in [0.717, 1.165) is 0 Å². The molecule has 3 rings (SSSR count). The van der Waals surface area contributed by atoms with Crippen LogP contribution in [0.3, 0.4) is 0 Å². The maximum Gasteiger partial charge on any atom is 0.250 e. The van der Waals surface area contributed by atoms with Crippen LogP contribution in [0.4, 0.5) is 17.1 Å². The van der Waals surface area contributed by atoms with Crippen LogP contribution in [0.2, 0.25) is 5.02 Å². The highest BCUT2D eigenvalue weighted by Gasteiger charge is 2.43. The molecular formula is C21H23ClN4O3. The summed E-state index contributed by atoms with van der Waals surface area (Å²) < 4.78 is 0. The van der Waals surface area contributed by atoms with Gasteiger partial charge in [-0.2, -0.15) is 0 Å². The summed E-state index contributed by atoms with van der Waals surface area (Å²) in [5.41, 5.74) is 0.814. The number of likely N-dealkylation sites (N-methyl/N-ethyl adjacent to an activating group) is 1. The monoisotopic (exact) mass is 414 g/mol. The van der Waals surface area contributed by atoms with Gasteiger partial charge in [0.25, 0.3) is 0 Å². The van der Waals surface area contributed by atoms with Crippen LogP contribution in [0, 0.1) is 0 Å². The van der Waals surface area contributed by atoms with Gasteiger partial charge in [0.1, 0.15) is 5.54 Å².